The Morgan fingerprint density at radius 3 is 2.88 bits per heavy atom. The van der Waals surface area contributed by atoms with Crippen molar-refractivity contribution in [3.63, 3.8) is 0 Å². The molecule has 1 amide bonds. The molecule has 7 heteroatoms. The van der Waals surface area contributed by atoms with Crippen LogP contribution in [-0.2, 0) is 0 Å². The minimum Gasteiger partial charge on any atom is -0.465 e. The Morgan fingerprint density at radius 2 is 2.24 bits per heavy atom. The highest BCUT2D eigenvalue weighted by atomic mass is 79.9. The number of halogens is 1. The van der Waals surface area contributed by atoms with Crippen LogP contribution < -0.4 is 5.32 Å². The number of nitrogens with zero attached hydrogens (tertiary/aromatic N) is 3. The molecule has 0 radical (unpaired) electrons. The fourth-order valence-corrected chi connectivity index (χ4v) is 2.04. The van der Waals surface area contributed by atoms with Crippen molar-refractivity contribution in [2.45, 2.75) is 18.9 Å². The van der Waals surface area contributed by atoms with Gasteiger partial charge in [0.05, 0.1) is 4.47 Å². The zero-order chi connectivity index (χ0) is 12.3. The van der Waals surface area contributed by atoms with Gasteiger partial charge in [0.1, 0.15) is 0 Å². The minimum absolute atomic E-state index is 0.0843. The molecule has 1 aromatic rings. The normalized spacial score (nSPS) is 20.1. The molecule has 0 aromatic carbocycles. The maximum absolute atomic E-state index is 10.9. The van der Waals surface area contributed by atoms with Crippen molar-refractivity contribution in [3.05, 3.63) is 16.9 Å². The van der Waals surface area contributed by atoms with E-state index in [1.807, 2.05) is 0 Å². The monoisotopic (exact) mass is 300 g/mol. The molecule has 1 aliphatic heterocycles. The van der Waals surface area contributed by atoms with Crippen molar-refractivity contribution < 1.29 is 9.90 Å². The lowest BCUT2D eigenvalue weighted by molar-refractivity contribution is 0.132. The van der Waals surface area contributed by atoms with Crippen molar-refractivity contribution >= 4 is 28.0 Å². The van der Waals surface area contributed by atoms with E-state index >= 15 is 0 Å². The first-order chi connectivity index (χ1) is 8.15. The van der Waals surface area contributed by atoms with Crippen LogP contribution in [0, 0.1) is 0 Å². The second-order valence-corrected chi connectivity index (χ2v) is 4.85. The number of rotatable bonds is 2. The lowest BCUT2D eigenvalue weighted by Crippen LogP contribution is -2.44. The topological polar surface area (TPSA) is 78.4 Å². The predicted molar refractivity (Wildman–Crippen MR) is 66.0 cm³/mol. The van der Waals surface area contributed by atoms with E-state index in [9.17, 15) is 4.79 Å². The van der Waals surface area contributed by atoms with Gasteiger partial charge in [0.2, 0.25) is 5.95 Å². The van der Waals surface area contributed by atoms with Crippen molar-refractivity contribution in [3.8, 4) is 0 Å². The maximum atomic E-state index is 10.9. The number of amides is 1. The smallest absolute Gasteiger partial charge is 0.407 e. The van der Waals surface area contributed by atoms with Gasteiger partial charge in [-0.15, -0.1) is 0 Å². The van der Waals surface area contributed by atoms with Gasteiger partial charge in [-0.25, -0.2) is 14.8 Å². The third-order valence-electron chi connectivity index (χ3n) is 2.65. The molecular weight excluding hydrogens is 288 g/mol. The molecule has 1 atom stereocenters. The Kier molecular flexibility index (Phi) is 3.78. The zero-order valence-corrected chi connectivity index (χ0v) is 10.7. The summed E-state index contributed by atoms with van der Waals surface area (Å²) in [5, 5.41) is 12.1. The molecule has 1 aromatic heterocycles. The van der Waals surface area contributed by atoms with Gasteiger partial charge in [-0.2, -0.15) is 0 Å². The summed E-state index contributed by atoms with van der Waals surface area (Å²) in [5.74, 6) is 0.533. The molecule has 2 rings (SSSR count). The molecule has 0 spiro atoms. The number of piperidine rings is 1. The number of carboxylic acid groups (broad SMARTS) is 1. The summed E-state index contributed by atoms with van der Waals surface area (Å²) < 4.78 is 0.818. The first-order valence-electron chi connectivity index (χ1n) is 5.37. The molecule has 0 unspecified atom stereocenters. The lowest BCUT2D eigenvalue weighted by Gasteiger charge is -2.31. The third-order valence-corrected chi connectivity index (χ3v) is 3.05. The van der Waals surface area contributed by atoms with Crippen LogP contribution in [0.5, 0.6) is 0 Å². The molecule has 0 aliphatic carbocycles. The van der Waals surface area contributed by atoms with E-state index < -0.39 is 6.09 Å². The first-order valence-corrected chi connectivity index (χ1v) is 6.16. The summed E-state index contributed by atoms with van der Waals surface area (Å²) in [6.07, 6.45) is 4.25. The molecule has 1 saturated heterocycles. The summed E-state index contributed by atoms with van der Waals surface area (Å²) in [6, 6.07) is 0.0843. The Morgan fingerprint density at radius 1 is 1.53 bits per heavy atom. The molecule has 2 heterocycles. The van der Waals surface area contributed by atoms with Crippen LogP contribution in [0.3, 0.4) is 0 Å². The zero-order valence-electron chi connectivity index (χ0n) is 9.14. The second kappa shape index (κ2) is 5.31. The number of nitrogens with one attached hydrogen (secondary N) is 1. The van der Waals surface area contributed by atoms with Crippen LogP contribution >= 0.6 is 15.9 Å². The summed E-state index contributed by atoms with van der Waals surface area (Å²) >= 11 is 3.26. The number of hydrogen-bond acceptors (Lipinski definition) is 4. The summed E-state index contributed by atoms with van der Waals surface area (Å²) in [6.45, 7) is 1.09. The largest absolute Gasteiger partial charge is 0.465 e. The van der Waals surface area contributed by atoms with Gasteiger partial charge in [-0.1, -0.05) is 0 Å². The fourth-order valence-electron chi connectivity index (χ4n) is 1.84. The lowest BCUT2D eigenvalue weighted by atomic mass is 10.1. The van der Waals surface area contributed by atoms with Crippen LogP contribution in [0.1, 0.15) is 12.8 Å². The number of aromatic nitrogens is 2. The number of hydrogen-bond donors (Lipinski definition) is 2. The summed E-state index contributed by atoms with van der Waals surface area (Å²) in [7, 11) is 0. The average molecular weight is 301 g/mol. The van der Waals surface area contributed by atoms with Gasteiger partial charge >= 0.3 is 6.09 Å². The maximum Gasteiger partial charge on any atom is 0.407 e. The average Bonchev–Trinajstić information content (AvgIpc) is 2.32. The molecule has 92 valence electrons. The fraction of sp³-hybridized carbons (Fsp3) is 0.500. The van der Waals surface area contributed by atoms with E-state index in [-0.39, 0.29) is 6.04 Å². The highest BCUT2D eigenvalue weighted by molar-refractivity contribution is 9.10. The standard InChI is InChI=1S/C10H13BrN4O2/c11-7-4-12-9(13-5-7)14-8-2-1-3-15(6-8)10(16)17/h4-5,8H,1-3,6H2,(H,16,17)(H,12,13,14)/t8-/m1/s1. The van der Waals surface area contributed by atoms with Crippen molar-refractivity contribution in [2.24, 2.45) is 0 Å². The molecule has 1 aliphatic rings. The molecule has 0 saturated carbocycles. The van der Waals surface area contributed by atoms with Gasteiger partial charge in [0.25, 0.3) is 0 Å². The van der Waals surface area contributed by atoms with Crippen LogP contribution in [0.2, 0.25) is 0 Å². The van der Waals surface area contributed by atoms with Gasteiger partial charge in [-0.05, 0) is 28.8 Å². The quantitative estimate of drug-likeness (QED) is 0.871. The Balaban J connectivity index is 1.94. The van der Waals surface area contributed by atoms with Gasteiger partial charge < -0.3 is 15.3 Å². The van der Waals surface area contributed by atoms with Gasteiger partial charge in [0, 0.05) is 31.5 Å². The number of carbonyl (C=O) groups is 1. The number of anilines is 1. The van der Waals surface area contributed by atoms with Crippen LogP contribution in [0.15, 0.2) is 16.9 Å². The number of likely N-dealkylation sites (tertiary alicyclic amines) is 1. The van der Waals surface area contributed by atoms with Crippen molar-refractivity contribution in [2.75, 3.05) is 18.4 Å². The highest BCUT2D eigenvalue weighted by Gasteiger charge is 2.23. The molecule has 1 fully saturated rings. The molecular formula is C10H13BrN4O2. The minimum atomic E-state index is -0.867. The van der Waals surface area contributed by atoms with E-state index in [1.54, 1.807) is 12.4 Å². The molecule has 17 heavy (non-hydrogen) atoms. The van der Waals surface area contributed by atoms with Crippen LogP contribution in [-0.4, -0.2) is 45.2 Å². The van der Waals surface area contributed by atoms with E-state index in [0.717, 1.165) is 17.3 Å². The Bertz CT molecular complexity index is 398. The van der Waals surface area contributed by atoms with E-state index in [0.29, 0.717) is 19.0 Å². The second-order valence-electron chi connectivity index (χ2n) is 3.94. The van der Waals surface area contributed by atoms with Crippen LogP contribution in [0.4, 0.5) is 10.7 Å². The van der Waals surface area contributed by atoms with Gasteiger partial charge in [0.15, 0.2) is 0 Å². The van der Waals surface area contributed by atoms with Crippen molar-refractivity contribution in [1.29, 1.82) is 0 Å². The molecule has 6 nitrogen and oxygen atoms in total. The van der Waals surface area contributed by atoms with Crippen molar-refractivity contribution in [1.82, 2.24) is 14.9 Å². The summed E-state index contributed by atoms with van der Waals surface area (Å²) in [5.41, 5.74) is 0. The molecule has 0 bridgehead atoms. The predicted octanol–water partition coefficient (Wildman–Crippen LogP) is 1.79. The van der Waals surface area contributed by atoms with E-state index in [2.05, 4.69) is 31.2 Å². The Hall–Kier alpha value is -1.37. The van der Waals surface area contributed by atoms with Crippen LogP contribution in [0.25, 0.3) is 0 Å². The highest BCUT2D eigenvalue weighted by Crippen LogP contribution is 2.14. The van der Waals surface area contributed by atoms with Gasteiger partial charge in [-0.3, -0.25) is 0 Å². The Labute approximate surface area is 107 Å². The first kappa shape index (κ1) is 12.1. The molecule has 2 N–H and O–H groups in total. The SMILES string of the molecule is O=C(O)N1CCC[C@@H](Nc2ncc(Br)cn2)C1. The summed E-state index contributed by atoms with van der Waals surface area (Å²) in [4.78, 5) is 20.5. The third kappa shape index (κ3) is 3.29. The van der Waals surface area contributed by atoms with E-state index in [4.69, 9.17) is 5.11 Å². The van der Waals surface area contributed by atoms with E-state index in [1.165, 1.54) is 4.90 Å².